The summed E-state index contributed by atoms with van der Waals surface area (Å²) in [6.45, 7) is 0. The van der Waals surface area contributed by atoms with Gasteiger partial charge < -0.3 is 10.6 Å². The van der Waals surface area contributed by atoms with E-state index in [0.717, 1.165) is 12.8 Å². The van der Waals surface area contributed by atoms with Gasteiger partial charge in [0.25, 0.3) is 5.91 Å². The van der Waals surface area contributed by atoms with E-state index in [9.17, 15) is 4.79 Å². The molecule has 2 heterocycles. The van der Waals surface area contributed by atoms with Crippen molar-refractivity contribution < 1.29 is 4.79 Å². The molecule has 0 aliphatic heterocycles. The fourth-order valence-electron chi connectivity index (χ4n) is 2.40. The Morgan fingerprint density at radius 2 is 1.95 bits per heavy atom. The number of rotatable bonds is 4. The van der Waals surface area contributed by atoms with Crippen molar-refractivity contribution in [1.29, 1.82) is 0 Å². The summed E-state index contributed by atoms with van der Waals surface area (Å²) in [4.78, 5) is 24.6. The highest BCUT2D eigenvalue weighted by Gasteiger charge is 2.18. The number of aromatic nitrogens is 3. The Hall–Kier alpha value is -2.02. The highest BCUT2D eigenvalue weighted by molar-refractivity contribution is 7.14. The number of amides is 1. The summed E-state index contributed by atoms with van der Waals surface area (Å²) < 4.78 is 0. The summed E-state index contributed by atoms with van der Waals surface area (Å²) in [5, 5.41) is 8.42. The first-order valence-electron chi connectivity index (χ1n) is 7.12. The number of thiazole rings is 1. The van der Waals surface area contributed by atoms with E-state index < -0.39 is 0 Å². The number of hydrogen-bond donors (Lipinski definition) is 2. The standard InChI is InChI=1S/C14H17N5OS/c20-12(17-10-5-2-1-3-6-10)11-9-21-14(18-11)19-13-15-7-4-8-16-13/h4,7-10H,1-3,5-6H2,(H,17,20)(H,15,16,18,19). The number of hydrogen-bond acceptors (Lipinski definition) is 6. The molecule has 2 aromatic rings. The fraction of sp³-hybridized carbons (Fsp3) is 0.429. The molecule has 0 atom stereocenters. The molecule has 21 heavy (non-hydrogen) atoms. The van der Waals surface area contributed by atoms with Gasteiger partial charge in [-0.25, -0.2) is 15.0 Å². The molecule has 1 fully saturated rings. The first kappa shape index (κ1) is 13.9. The number of carbonyl (C=O) groups excluding carboxylic acids is 1. The highest BCUT2D eigenvalue weighted by Crippen LogP contribution is 2.20. The van der Waals surface area contributed by atoms with Crippen LogP contribution in [0.25, 0.3) is 0 Å². The molecule has 1 aliphatic carbocycles. The van der Waals surface area contributed by atoms with Gasteiger partial charge in [0, 0.05) is 23.8 Å². The maximum atomic E-state index is 12.2. The molecular formula is C14H17N5OS. The van der Waals surface area contributed by atoms with Crippen LogP contribution < -0.4 is 10.6 Å². The summed E-state index contributed by atoms with van der Waals surface area (Å²) in [6.07, 6.45) is 9.10. The lowest BCUT2D eigenvalue weighted by Gasteiger charge is -2.22. The third-order valence-electron chi connectivity index (χ3n) is 3.46. The van der Waals surface area contributed by atoms with Gasteiger partial charge in [-0.05, 0) is 18.9 Å². The number of nitrogens with one attached hydrogen (secondary N) is 2. The van der Waals surface area contributed by atoms with Gasteiger partial charge in [0.1, 0.15) is 5.69 Å². The minimum absolute atomic E-state index is 0.0971. The van der Waals surface area contributed by atoms with Crippen LogP contribution in [0.5, 0.6) is 0 Å². The van der Waals surface area contributed by atoms with Gasteiger partial charge in [-0.3, -0.25) is 4.79 Å². The van der Waals surface area contributed by atoms with Crippen LogP contribution in [-0.4, -0.2) is 26.9 Å². The SMILES string of the molecule is O=C(NC1CCCCC1)c1csc(Nc2ncccn2)n1. The smallest absolute Gasteiger partial charge is 0.271 e. The second-order valence-corrected chi connectivity index (χ2v) is 5.90. The van der Waals surface area contributed by atoms with Gasteiger partial charge in [-0.2, -0.15) is 0 Å². The van der Waals surface area contributed by atoms with Gasteiger partial charge in [-0.15, -0.1) is 11.3 Å². The molecule has 0 saturated heterocycles. The summed E-state index contributed by atoms with van der Waals surface area (Å²) in [5.41, 5.74) is 0.448. The van der Waals surface area contributed by atoms with Crippen molar-refractivity contribution in [2.75, 3.05) is 5.32 Å². The Bertz CT molecular complexity index is 594. The summed E-state index contributed by atoms with van der Waals surface area (Å²) in [7, 11) is 0. The Morgan fingerprint density at radius 1 is 1.19 bits per heavy atom. The van der Waals surface area contributed by atoms with Gasteiger partial charge in [0.15, 0.2) is 5.13 Å². The zero-order chi connectivity index (χ0) is 14.5. The molecule has 1 saturated carbocycles. The second-order valence-electron chi connectivity index (χ2n) is 5.04. The Morgan fingerprint density at radius 3 is 2.71 bits per heavy atom. The molecule has 0 spiro atoms. The molecule has 0 radical (unpaired) electrons. The fourth-order valence-corrected chi connectivity index (χ4v) is 3.09. The molecule has 7 heteroatoms. The topological polar surface area (TPSA) is 79.8 Å². The van der Waals surface area contributed by atoms with Crippen molar-refractivity contribution >= 4 is 28.3 Å². The third-order valence-corrected chi connectivity index (χ3v) is 4.22. The van der Waals surface area contributed by atoms with E-state index >= 15 is 0 Å². The third kappa shape index (κ3) is 3.75. The van der Waals surface area contributed by atoms with Crippen molar-refractivity contribution in [3.05, 3.63) is 29.5 Å². The number of anilines is 2. The quantitative estimate of drug-likeness (QED) is 0.908. The highest BCUT2D eigenvalue weighted by atomic mass is 32.1. The van der Waals surface area contributed by atoms with Crippen molar-refractivity contribution in [3.63, 3.8) is 0 Å². The Balaban J connectivity index is 1.60. The molecule has 0 bridgehead atoms. The number of nitrogens with zero attached hydrogens (tertiary/aromatic N) is 3. The Kier molecular flexibility index (Phi) is 4.40. The predicted molar refractivity (Wildman–Crippen MR) is 81.8 cm³/mol. The van der Waals surface area contributed by atoms with E-state index in [2.05, 4.69) is 25.6 Å². The lowest BCUT2D eigenvalue weighted by atomic mass is 9.95. The predicted octanol–water partition coefficient (Wildman–Crippen LogP) is 2.74. The van der Waals surface area contributed by atoms with Crippen molar-refractivity contribution in [3.8, 4) is 0 Å². The molecule has 110 valence electrons. The lowest BCUT2D eigenvalue weighted by molar-refractivity contribution is 0.0923. The molecule has 1 aliphatic rings. The molecule has 1 amide bonds. The molecular weight excluding hydrogens is 286 g/mol. The second kappa shape index (κ2) is 6.62. The normalized spacial score (nSPS) is 15.6. The largest absolute Gasteiger partial charge is 0.348 e. The van der Waals surface area contributed by atoms with Crippen LogP contribution >= 0.6 is 11.3 Å². The van der Waals surface area contributed by atoms with Crippen LogP contribution in [0.1, 0.15) is 42.6 Å². The lowest BCUT2D eigenvalue weighted by Crippen LogP contribution is -2.36. The van der Waals surface area contributed by atoms with Crippen LogP contribution in [0.15, 0.2) is 23.8 Å². The minimum atomic E-state index is -0.0971. The van der Waals surface area contributed by atoms with E-state index in [4.69, 9.17) is 0 Å². The monoisotopic (exact) mass is 303 g/mol. The van der Waals surface area contributed by atoms with E-state index in [-0.39, 0.29) is 5.91 Å². The van der Waals surface area contributed by atoms with Crippen LogP contribution in [0.4, 0.5) is 11.1 Å². The summed E-state index contributed by atoms with van der Waals surface area (Å²) in [6, 6.07) is 2.04. The van der Waals surface area contributed by atoms with Crippen LogP contribution in [0.3, 0.4) is 0 Å². The van der Waals surface area contributed by atoms with E-state index in [0.29, 0.717) is 22.8 Å². The first-order chi connectivity index (χ1) is 10.3. The Labute approximate surface area is 127 Å². The average Bonchev–Trinajstić information content (AvgIpc) is 2.98. The molecule has 3 rings (SSSR count). The van der Waals surface area contributed by atoms with E-state index in [1.54, 1.807) is 23.8 Å². The van der Waals surface area contributed by atoms with Gasteiger partial charge in [-0.1, -0.05) is 19.3 Å². The van der Waals surface area contributed by atoms with Crippen LogP contribution in [0, 0.1) is 0 Å². The van der Waals surface area contributed by atoms with Crippen molar-refractivity contribution in [2.24, 2.45) is 0 Å². The van der Waals surface area contributed by atoms with Crippen LogP contribution in [-0.2, 0) is 0 Å². The number of carbonyl (C=O) groups is 1. The summed E-state index contributed by atoms with van der Waals surface area (Å²) in [5.74, 6) is 0.381. The van der Waals surface area contributed by atoms with E-state index in [1.165, 1.54) is 30.6 Å². The molecule has 0 aromatic carbocycles. The molecule has 6 nitrogen and oxygen atoms in total. The maximum absolute atomic E-state index is 12.2. The van der Waals surface area contributed by atoms with E-state index in [1.807, 2.05) is 0 Å². The van der Waals surface area contributed by atoms with Crippen LogP contribution in [0.2, 0.25) is 0 Å². The summed E-state index contributed by atoms with van der Waals surface area (Å²) >= 11 is 1.37. The first-order valence-corrected chi connectivity index (χ1v) is 7.99. The molecule has 2 aromatic heterocycles. The van der Waals surface area contributed by atoms with Crippen molar-refractivity contribution in [2.45, 2.75) is 38.1 Å². The van der Waals surface area contributed by atoms with Gasteiger partial charge in [0.2, 0.25) is 5.95 Å². The van der Waals surface area contributed by atoms with Gasteiger partial charge >= 0.3 is 0 Å². The van der Waals surface area contributed by atoms with Gasteiger partial charge in [0.05, 0.1) is 0 Å². The zero-order valence-corrected chi connectivity index (χ0v) is 12.4. The molecule has 0 unspecified atom stereocenters. The average molecular weight is 303 g/mol. The minimum Gasteiger partial charge on any atom is -0.348 e. The van der Waals surface area contributed by atoms with Crippen molar-refractivity contribution in [1.82, 2.24) is 20.3 Å². The maximum Gasteiger partial charge on any atom is 0.271 e. The zero-order valence-electron chi connectivity index (χ0n) is 11.6. The molecule has 2 N–H and O–H groups in total.